The zero-order valence-electron chi connectivity index (χ0n) is 16.4. The summed E-state index contributed by atoms with van der Waals surface area (Å²) in [5, 5.41) is 0. The number of esters is 2. The van der Waals surface area contributed by atoms with Crippen molar-refractivity contribution in [3.8, 4) is 0 Å². The first-order chi connectivity index (χ1) is 14.7. The summed E-state index contributed by atoms with van der Waals surface area (Å²) in [5.74, 6) is -0.445. The van der Waals surface area contributed by atoms with Gasteiger partial charge in [0.05, 0.1) is 24.3 Å². The van der Waals surface area contributed by atoms with Gasteiger partial charge in [-0.2, -0.15) is 0 Å². The van der Waals surface area contributed by atoms with Crippen molar-refractivity contribution < 1.29 is 19.1 Å². The number of hydrogen-bond donors (Lipinski definition) is 0. The average Bonchev–Trinajstić information content (AvgIpc) is 2.80. The molecule has 0 amide bonds. The molecule has 6 heteroatoms. The molecule has 3 atom stereocenters. The SMILES string of the molecule is O=C(OCC1CC(c2ccncn2)C1COC(=O)c1ccccc1)c1ccccc1. The number of carbonyl (C=O) groups is 2. The second-order valence-corrected chi connectivity index (χ2v) is 7.33. The fraction of sp³-hybridized carbons (Fsp3) is 0.250. The minimum atomic E-state index is -0.357. The third-order valence-corrected chi connectivity index (χ3v) is 5.52. The molecule has 6 nitrogen and oxygen atoms in total. The summed E-state index contributed by atoms with van der Waals surface area (Å²) >= 11 is 0. The molecule has 0 aliphatic heterocycles. The molecule has 152 valence electrons. The Kier molecular flexibility index (Phi) is 6.13. The smallest absolute Gasteiger partial charge is 0.338 e. The fourth-order valence-electron chi connectivity index (χ4n) is 3.78. The Hall–Kier alpha value is -3.54. The number of aromatic nitrogens is 2. The summed E-state index contributed by atoms with van der Waals surface area (Å²) in [6, 6.07) is 19.7. The molecule has 3 unspecified atom stereocenters. The van der Waals surface area contributed by atoms with Crippen LogP contribution in [0.15, 0.2) is 79.3 Å². The summed E-state index contributed by atoms with van der Waals surface area (Å²) < 4.78 is 11.1. The van der Waals surface area contributed by atoms with E-state index < -0.39 is 0 Å². The Morgan fingerprint density at radius 2 is 1.43 bits per heavy atom. The number of carbonyl (C=O) groups excluding carboxylic acids is 2. The topological polar surface area (TPSA) is 78.4 Å². The van der Waals surface area contributed by atoms with Crippen LogP contribution in [0.3, 0.4) is 0 Å². The highest BCUT2D eigenvalue weighted by atomic mass is 16.5. The van der Waals surface area contributed by atoms with E-state index in [-0.39, 0.29) is 42.9 Å². The summed E-state index contributed by atoms with van der Waals surface area (Å²) in [6.45, 7) is 0.527. The standard InChI is InChI=1S/C24H22N2O4/c27-23(17-7-3-1-4-8-17)29-14-19-13-20(22-11-12-25-16-26-22)21(19)15-30-24(28)18-9-5-2-6-10-18/h1-12,16,19-21H,13-15H2. The van der Waals surface area contributed by atoms with Gasteiger partial charge in [0.1, 0.15) is 6.33 Å². The van der Waals surface area contributed by atoms with E-state index in [4.69, 9.17) is 9.47 Å². The zero-order chi connectivity index (χ0) is 20.8. The molecule has 1 aliphatic rings. The molecule has 30 heavy (non-hydrogen) atoms. The first-order valence-electron chi connectivity index (χ1n) is 9.92. The Morgan fingerprint density at radius 3 is 2.00 bits per heavy atom. The maximum absolute atomic E-state index is 12.4. The maximum atomic E-state index is 12.4. The zero-order valence-corrected chi connectivity index (χ0v) is 16.4. The van der Waals surface area contributed by atoms with Crippen LogP contribution in [-0.2, 0) is 9.47 Å². The van der Waals surface area contributed by atoms with E-state index in [0.29, 0.717) is 11.1 Å². The molecule has 0 radical (unpaired) electrons. The third-order valence-electron chi connectivity index (χ3n) is 5.52. The number of ether oxygens (including phenoxy) is 2. The van der Waals surface area contributed by atoms with Gasteiger partial charge in [-0.3, -0.25) is 0 Å². The lowest BCUT2D eigenvalue weighted by atomic mass is 9.64. The molecule has 1 heterocycles. The van der Waals surface area contributed by atoms with Crippen molar-refractivity contribution in [2.45, 2.75) is 12.3 Å². The molecule has 0 N–H and O–H groups in total. The Labute approximate surface area is 174 Å². The first-order valence-corrected chi connectivity index (χ1v) is 9.92. The van der Waals surface area contributed by atoms with Crippen LogP contribution in [-0.4, -0.2) is 35.1 Å². The van der Waals surface area contributed by atoms with Crippen LogP contribution in [0.4, 0.5) is 0 Å². The monoisotopic (exact) mass is 402 g/mol. The number of benzene rings is 2. The third kappa shape index (κ3) is 4.54. The molecule has 0 saturated heterocycles. The van der Waals surface area contributed by atoms with E-state index in [9.17, 15) is 9.59 Å². The predicted octanol–water partition coefficient (Wildman–Crippen LogP) is 3.91. The summed E-state index contributed by atoms with van der Waals surface area (Å²) in [7, 11) is 0. The van der Waals surface area contributed by atoms with Gasteiger partial charge in [0.2, 0.25) is 0 Å². The summed E-state index contributed by atoms with van der Waals surface area (Å²) in [4.78, 5) is 33.0. The van der Waals surface area contributed by atoms with E-state index in [0.717, 1.165) is 12.1 Å². The lowest BCUT2D eigenvalue weighted by molar-refractivity contribution is -0.0157. The molecule has 0 spiro atoms. The van der Waals surface area contributed by atoms with E-state index in [1.54, 1.807) is 54.7 Å². The fourth-order valence-corrected chi connectivity index (χ4v) is 3.78. The lowest BCUT2D eigenvalue weighted by Crippen LogP contribution is -2.42. The molecule has 4 rings (SSSR count). The molecular weight excluding hydrogens is 380 g/mol. The Morgan fingerprint density at radius 1 is 0.833 bits per heavy atom. The van der Waals surface area contributed by atoms with Gasteiger partial charge >= 0.3 is 11.9 Å². The van der Waals surface area contributed by atoms with Gasteiger partial charge < -0.3 is 9.47 Å². The Bertz CT molecular complexity index is 980. The lowest BCUT2D eigenvalue weighted by Gasteiger charge is -2.43. The van der Waals surface area contributed by atoms with Crippen LogP contribution >= 0.6 is 0 Å². The molecule has 0 bridgehead atoms. The number of rotatable bonds is 7. The van der Waals surface area contributed by atoms with Crippen LogP contribution in [0.1, 0.15) is 38.7 Å². The highest BCUT2D eigenvalue weighted by Gasteiger charge is 2.44. The van der Waals surface area contributed by atoms with Crippen LogP contribution in [0.25, 0.3) is 0 Å². The van der Waals surface area contributed by atoms with Crippen molar-refractivity contribution in [1.82, 2.24) is 9.97 Å². The van der Waals surface area contributed by atoms with Crippen molar-refractivity contribution in [2.24, 2.45) is 11.8 Å². The number of hydrogen-bond acceptors (Lipinski definition) is 6. The average molecular weight is 402 g/mol. The first kappa shape index (κ1) is 19.8. The molecule has 1 aliphatic carbocycles. The molecule has 1 saturated carbocycles. The predicted molar refractivity (Wildman–Crippen MR) is 110 cm³/mol. The largest absolute Gasteiger partial charge is 0.462 e. The van der Waals surface area contributed by atoms with Crippen molar-refractivity contribution in [1.29, 1.82) is 0 Å². The highest BCUT2D eigenvalue weighted by Crippen LogP contribution is 2.47. The van der Waals surface area contributed by atoms with Gasteiger partial charge in [-0.15, -0.1) is 0 Å². The second-order valence-electron chi connectivity index (χ2n) is 7.33. The van der Waals surface area contributed by atoms with E-state index in [1.807, 2.05) is 18.2 Å². The van der Waals surface area contributed by atoms with Crippen LogP contribution in [0, 0.1) is 11.8 Å². The van der Waals surface area contributed by atoms with Crippen molar-refractivity contribution in [3.05, 3.63) is 96.1 Å². The Balaban J connectivity index is 1.39. The minimum absolute atomic E-state index is 0.0242. The van der Waals surface area contributed by atoms with Crippen LogP contribution in [0.5, 0.6) is 0 Å². The van der Waals surface area contributed by atoms with Crippen molar-refractivity contribution in [3.63, 3.8) is 0 Å². The maximum Gasteiger partial charge on any atom is 0.338 e. The van der Waals surface area contributed by atoms with Crippen LogP contribution < -0.4 is 0 Å². The number of nitrogens with zero attached hydrogens (tertiary/aromatic N) is 2. The van der Waals surface area contributed by atoms with Gasteiger partial charge in [0.25, 0.3) is 0 Å². The van der Waals surface area contributed by atoms with E-state index in [1.165, 1.54) is 6.33 Å². The van der Waals surface area contributed by atoms with Gasteiger partial charge in [0.15, 0.2) is 0 Å². The molecule has 1 aromatic heterocycles. The van der Waals surface area contributed by atoms with E-state index >= 15 is 0 Å². The normalized spacial score (nSPS) is 20.1. The summed E-state index contributed by atoms with van der Waals surface area (Å²) in [6.07, 6.45) is 4.04. The minimum Gasteiger partial charge on any atom is -0.462 e. The van der Waals surface area contributed by atoms with Gasteiger partial charge in [0, 0.05) is 29.6 Å². The van der Waals surface area contributed by atoms with Gasteiger partial charge in [-0.1, -0.05) is 36.4 Å². The van der Waals surface area contributed by atoms with Crippen molar-refractivity contribution >= 4 is 11.9 Å². The molecule has 1 fully saturated rings. The van der Waals surface area contributed by atoms with Crippen molar-refractivity contribution in [2.75, 3.05) is 13.2 Å². The van der Waals surface area contributed by atoms with Gasteiger partial charge in [-0.05, 0) is 36.8 Å². The molecular formula is C24H22N2O4. The van der Waals surface area contributed by atoms with Gasteiger partial charge in [-0.25, -0.2) is 19.6 Å². The molecule has 3 aromatic rings. The highest BCUT2D eigenvalue weighted by molar-refractivity contribution is 5.89. The molecule has 2 aromatic carbocycles. The van der Waals surface area contributed by atoms with Crippen LogP contribution in [0.2, 0.25) is 0 Å². The summed E-state index contributed by atoms with van der Waals surface area (Å²) in [5.41, 5.74) is 1.95. The van der Waals surface area contributed by atoms with E-state index in [2.05, 4.69) is 9.97 Å². The second kappa shape index (κ2) is 9.31. The quantitative estimate of drug-likeness (QED) is 0.558.